The van der Waals surface area contributed by atoms with Crippen LogP contribution in [0.15, 0.2) is 65.1 Å². The van der Waals surface area contributed by atoms with Gasteiger partial charge >= 0.3 is 5.69 Å². The summed E-state index contributed by atoms with van der Waals surface area (Å²) in [5, 5.41) is 31.8. The normalized spacial score (nSPS) is 11.2. The fraction of sp³-hybridized carbons (Fsp3) is 0. The number of non-ortho nitro benzene ring substituents is 1. The average molecular weight is 463 g/mol. The second-order valence-corrected chi connectivity index (χ2v) is 7.02. The number of fused-ring (bicyclic) bond motifs is 1. The molecule has 0 fully saturated rings. The van der Waals surface area contributed by atoms with E-state index in [1.807, 2.05) is 6.07 Å². The molecule has 0 unspecified atom stereocenters. The number of nitro groups is 2. The van der Waals surface area contributed by atoms with Gasteiger partial charge in [-0.1, -0.05) is 29.8 Å². The molecule has 0 N–H and O–H groups in total. The van der Waals surface area contributed by atoms with Gasteiger partial charge in [0.15, 0.2) is 5.58 Å². The van der Waals surface area contributed by atoms with Crippen LogP contribution in [0.3, 0.4) is 0 Å². The van der Waals surface area contributed by atoms with E-state index in [-0.39, 0.29) is 28.0 Å². The maximum atomic E-state index is 11.3. The fourth-order valence-corrected chi connectivity index (χ4v) is 3.18. The number of para-hydroxylation sites is 2. The summed E-state index contributed by atoms with van der Waals surface area (Å²) in [6, 6.07) is 16.7. The molecule has 162 valence electrons. The predicted molar refractivity (Wildman–Crippen MR) is 119 cm³/mol. The van der Waals surface area contributed by atoms with Crippen molar-refractivity contribution in [2.45, 2.75) is 0 Å². The Morgan fingerprint density at radius 2 is 1.82 bits per heavy atom. The molecule has 10 nitrogen and oxygen atoms in total. The lowest BCUT2D eigenvalue weighted by atomic mass is 10.1. The van der Waals surface area contributed by atoms with Gasteiger partial charge in [0.2, 0.25) is 11.6 Å². The zero-order valence-electron chi connectivity index (χ0n) is 16.5. The first-order valence-electron chi connectivity index (χ1n) is 9.23. The van der Waals surface area contributed by atoms with E-state index in [0.29, 0.717) is 16.7 Å². The van der Waals surface area contributed by atoms with Crippen molar-refractivity contribution in [2.24, 2.45) is 0 Å². The van der Waals surface area contributed by atoms with Gasteiger partial charge in [0, 0.05) is 6.07 Å². The molecule has 0 spiro atoms. The van der Waals surface area contributed by atoms with Crippen LogP contribution in [-0.2, 0) is 0 Å². The number of hydrogen-bond acceptors (Lipinski definition) is 8. The van der Waals surface area contributed by atoms with Crippen molar-refractivity contribution in [1.82, 2.24) is 4.98 Å². The first-order valence-corrected chi connectivity index (χ1v) is 9.61. The van der Waals surface area contributed by atoms with Gasteiger partial charge < -0.3 is 9.15 Å². The van der Waals surface area contributed by atoms with Crippen LogP contribution >= 0.6 is 11.6 Å². The van der Waals surface area contributed by atoms with Crippen LogP contribution in [0.5, 0.6) is 11.5 Å². The van der Waals surface area contributed by atoms with Crippen LogP contribution in [0, 0.1) is 31.6 Å². The largest absolute Gasteiger partial charge is 0.449 e. The number of ether oxygens (including phenoxy) is 1. The molecule has 0 amide bonds. The van der Waals surface area contributed by atoms with Gasteiger partial charge in [-0.3, -0.25) is 20.2 Å². The third kappa shape index (κ3) is 4.48. The maximum absolute atomic E-state index is 11.3. The monoisotopic (exact) mass is 462 g/mol. The number of benzene rings is 3. The first kappa shape index (κ1) is 21.5. The van der Waals surface area contributed by atoms with Crippen molar-refractivity contribution in [3.8, 4) is 17.6 Å². The highest BCUT2D eigenvalue weighted by Crippen LogP contribution is 2.37. The smallest absolute Gasteiger partial charge is 0.318 e. The van der Waals surface area contributed by atoms with Crippen molar-refractivity contribution < 1.29 is 19.0 Å². The molecule has 0 radical (unpaired) electrons. The third-order valence-electron chi connectivity index (χ3n) is 4.48. The van der Waals surface area contributed by atoms with Crippen LogP contribution in [0.2, 0.25) is 5.02 Å². The Bertz CT molecular complexity index is 1460. The minimum absolute atomic E-state index is 0.0890. The molecular weight excluding hydrogens is 452 g/mol. The number of nitriles is 1. The summed E-state index contributed by atoms with van der Waals surface area (Å²) in [4.78, 5) is 24.9. The van der Waals surface area contributed by atoms with Gasteiger partial charge in [-0.05, 0) is 42.0 Å². The lowest BCUT2D eigenvalue weighted by Crippen LogP contribution is -1.96. The predicted octanol–water partition coefficient (Wildman–Crippen LogP) is 6.15. The number of allylic oxidation sites excluding steroid dienone is 1. The quantitative estimate of drug-likeness (QED) is 0.188. The fourth-order valence-electron chi connectivity index (χ4n) is 2.95. The Morgan fingerprint density at radius 1 is 1.06 bits per heavy atom. The van der Waals surface area contributed by atoms with Gasteiger partial charge in [-0.25, -0.2) is 4.98 Å². The number of hydrogen-bond donors (Lipinski definition) is 0. The first-order chi connectivity index (χ1) is 15.9. The van der Waals surface area contributed by atoms with Gasteiger partial charge in [0.25, 0.3) is 5.69 Å². The summed E-state index contributed by atoms with van der Waals surface area (Å²) >= 11 is 6.28. The molecule has 0 aliphatic rings. The Hall–Kier alpha value is -4.75. The molecule has 0 bridgehead atoms. The Morgan fingerprint density at radius 3 is 2.48 bits per heavy atom. The summed E-state index contributed by atoms with van der Waals surface area (Å²) in [7, 11) is 0. The van der Waals surface area contributed by atoms with E-state index in [2.05, 4.69) is 4.98 Å². The van der Waals surface area contributed by atoms with Crippen molar-refractivity contribution in [3.05, 3.63) is 97.4 Å². The molecule has 4 aromatic rings. The maximum Gasteiger partial charge on any atom is 0.318 e. The summed E-state index contributed by atoms with van der Waals surface area (Å²) in [6.45, 7) is 0. The lowest BCUT2D eigenvalue weighted by molar-refractivity contribution is -0.394. The zero-order chi connectivity index (χ0) is 23.5. The highest BCUT2D eigenvalue weighted by atomic mass is 35.5. The molecule has 0 aliphatic carbocycles. The van der Waals surface area contributed by atoms with E-state index in [1.165, 1.54) is 18.2 Å². The number of nitro benzene ring substituents is 2. The van der Waals surface area contributed by atoms with Crippen LogP contribution in [0.4, 0.5) is 11.4 Å². The average Bonchev–Trinajstić information content (AvgIpc) is 3.23. The van der Waals surface area contributed by atoms with E-state index in [4.69, 9.17) is 20.8 Å². The second-order valence-electron chi connectivity index (χ2n) is 6.61. The van der Waals surface area contributed by atoms with Crippen LogP contribution in [0.1, 0.15) is 11.5 Å². The van der Waals surface area contributed by atoms with Gasteiger partial charge in [-0.2, -0.15) is 5.26 Å². The van der Waals surface area contributed by atoms with E-state index in [0.717, 1.165) is 18.2 Å². The number of aromatic nitrogens is 1. The molecule has 33 heavy (non-hydrogen) atoms. The summed E-state index contributed by atoms with van der Waals surface area (Å²) in [5.41, 5.74) is 0.836. The molecular formula is C22H11ClN4O6. The van der Waals surface area contributed by atoms with Crippen molar-refractivity contribution in [3.63, 3.8) is 0 Å². The molecule has 1 heterocycles. The van der Waals surface area contributed by atoms with Gasteiger partial charge in [0.1, 0.15) is 22.9 Å². The number of halogens is 1. The Balaban J connectivity index is 1.64. The molecule has 0 saturated heterocycles. The second kappa shape index (κ2) is 8.78. The topological polar surface area (TPSA) is 145 Å². The van der Waals surface area contributed by atoms with Crippen molar-refractivity contribution >= 4 is 45.7 Å². The van der Waals surface area contributed by atoms with Gasteiger partial charge in [-0.15, -0.1) is 0 Å². The Labute approximate surface area is 190 Å². The number of oxazole rings is 1. The zero-order valence-corrected chi connectivity index (χ0v) is 17.2. The van der Waals surface area contributed by atoms with Crippen molar-refractivity contribution in [2.75, 3.05) is 0 Å². The Kier molecular flexibility index (Phi) is 5.71. The summed E-state index contributed by atoms with van der Waals surface area (Å²) < 4.78 is 11.2. The molecule has 0 atom stereocenters. The van der Waals surface area contributed by atoms with Crippen LogP contribution in [0.25, 0.3) is 22.7 Å². The van der Waals surface area contributed by atoms with E-state index in [1.54, 1.807) is 30.3 Å². The molecule has 0 saturated carbocycles. The van der Waals surface area contributed by atoms with Crippen molar-refractivity contribution in [1.29, 1.82) is 5.26 Å². The highest BCUT2D eigenvalue weighted by Gasteiger charge is 2.22. The molecule has 1 aromatic heterocycles. The molecule has 0 aliphatic heterocycles. The number of rotatable bonds is 6. The molecule has 11 heteroatoms. The molecule has 4 rings (SSSR count). The van der Waals surface area contributed by atoms with E-state index in [9.17, 15) is 25.5 Å². The number of nitrogens with zero attached hydrogens (tertiary/aromatic N) is 4. The third-order valence-corrected chi connectivity index (χ3v) is 4.78. The lowest BCUT2D eigenvalue weighted by Gasteiger charge is -2.08. The standard InChI is InChI=1S/C22H11ClN4O6/c23-16-10-13(9-14(12-24)22-25-17-3-1-2-4-20(17)33-22)5-7-19(16)32-21-8-6-15(26(28)29)11-18(21)27(30)31/h1-11H/b14-9+. The minimum Gasteiger partial charge on any atom is -0.449 e. The summed E-state index contributed by atoms with van der Waals surface area (Å²) in [5.74, 6) is 0.0303. The summed E-state index contributed by atoms with van der Waals surface area (Å²) in [6.07, 6.45) is 1.52. The van der Waals surface area contributed by atoms with Crippen LogP contribution in [-0.4, -0.2) is 14.8 Å². The van der Waals surface area contributed by atoms with Crippen LogP contribution < -0.4 is 4.74 Å². The molecule has 3 aromatic carbocycles. The SMILES string of the molecule is N#C/C(=C\c1ccc(Oc2ccc([N+](=O)[O-])cc2[N+](=O)[O-])c(Cl)c1)c1nc2ccccc2o1. The van der Waals surface area contributed by atoms with E-state index >= 15 is 0 Å². The highest BCUT2D eigenvalue weighted by molar-refractivity contribution is 6.32. The van der Waals surface area contributed by atoms with E-state index < -0.39 is 21.2 Å². The van der Waals surface area contributed by atoms with Gasteiger partial charge in [0.05, 0.1) is 20.9 Å². The minimum atomic E-state index is -0.785.